The van der Waals surface area contributed by atoms with Crippen LogP contribution in [0.1, 0.15) is 12.5 Å². The zero-order chi connectivity index (χ0) is 15.5. The Morgan fingerprint density at radius 3 is 2.50 bits per heavy atom. The molecule has 1 atom stereocenters. The molecule has 20 heavy (non-hydrogen) atoms. The summed E-state index contributed by atoms with van der Waals surface area (Å²) in [4.78, 5) is 13.1. The minimum absolute atomic E-state index is 0.0337. The highest BCUT2D eigenvalue weighted by atomic mass is 19.4. The van der Waals surface area contributed by atoms with Crippen LogP contribution in [-0.2, 0) is 11.0 Å². The fourth-order valence-corrected chi connectivity index (χ4v) is 1.92. The third kappa shape index (κ3) is 3.79. The van der Waals surface area contributed by atoms with Crippen molar-refractivity contribution in [3.05, 3.63) is 23.8 Å². The Kier molecular flexibility index (Phi) is 4.86. The van der Waals surface area contributed by atoms with E-state index in [0.29, 0.717) is 12.2 Å². The topological polar surface area (TPSA) is 58.4 Å². The predicted octanol–water partition coefficient (Wildman–Crippen LogP) is 2.11. The molecule has 1 amide bonds. The summed E-state index contributed by atoms with van der Waals surface area (Å²) in [6.07, 6.45) is -4.42. The van der Waals surface area contributed by atoms with Crippen LogP contribution in [0, 0.1) is 5.92 Å². The van der Waals surface area contributed by atoms with Crippen LogP contribution in [0.15, 0.2) is 18.2 Å². The number of hydrogen-bond donors (Lipinski definition) is 2. The van der Waals surface area contributed by atoms with E-state index in [0.717, 1.165) is 12.1 Å². The van der Waals surface area contributed by atoms with Crippen LogP contribution < -0.4 is 16.0 Å². The van der Waals surface area contributed by atoms with Crippen molar-refractivity contribution < 1.29 is 18.0 Å². The molecule has 0 fully saturated rings. The summed E-state index contributed by atoms with van der Waals surface area (Å²) >= 11 is 0. The number of nitrogen functional groups attached to an aromatic ring is 1. The van der Waals surface area contributed by atoms with Crippen LogP contribution in [0.5, 0.6) is 0 Å². The second-order valence-electron chi connectivity index (χ2n) is 4.67. The van der Waals surface area contributed by atoms with Gasteiger partial charge >= 0.3 is 6.18 Å². The molecular weight excluding hydrogens is 271 g/mol. The van der Waals surface area contributed by atoms with E-state index in [-0.39, 0.29) is 17.5 Å². The van der Waals surface area contributed by atoms with Gasteiger partial charge in [-0.3, -0.25) is 4.79 Å². The molecule has 0 aromatic heterocycles. The van der Waals surface area contributed by atoms with E-state index in [1.807, 2.05) is 0 Å². The number of benzene rings is 1. The van der Waals surface area contributed by atoms with Gasteiger partial charge in [-0.1, -0.05) is 6.92 Å². The molecule has 0 saturated heterocycles. The molecule has 1 unspecified atom stereocenters. The van der Waals surface area contributed by atoms with Crippen molar-refractivity contribution in [2.45, 2.75) is 13.1 Å². The van der Waals surface area contributed by atoms with Gasteiger partial charge in [0.2, 0.25) is 5.91 Å². The maximum Gasteiger partial charge on any atom is 0.416 e. The first-order valence-electron chi connectivity index (χ1n) is 6.06. The Hall–Kier alpha value is -1.92. The minimum atomic E-state index is -4.42. The van der Waals surface area contributed by atoms with Gasteiger partial charge < -0.3 is 16.0 Å². The molecule has 0 aliphatic rings. The first-order chi connectivity index (χ1) is 9.16. The van der Waals surface area contributed by atoms with E-state index in [1.54, 1.807) is 18.9 Å². The normalized spacial score (nSPS) is 12.9. The SMILES string of the molecule is CNC(=O)C(C)CN(C)c1ccc(C(F)(F)F)cc1N. The summed E-state index contributed by atoms with van der Waals surface area (Å²) in [5.74, 6) is -0.436. The lowest BCUT2D eigenvalue weighted by Crippen LogP contribution is -2.34. The lowest BCUT2D eigenvalue weighted by atomic mass is 10.1. The number of anilines is 2. The number of carbonyl (C=O) groups is 1. The molecule has 0 spiro atoms. The Morgan fingerprint density at radius 2 is 2.05 bits per heavy atom. The standard InChI is InChI=1S/C13H18F3N3O/c1-8(12(20)18-2)7-19(3)11-5-4-9(6-10(11)17)13(14,15)16/h4-6,8H,7,17H2,1-3H3,(H,18,20). The van der Waals surface area contributed by atoms with Crippen LogP contribution in [0.4, 0.5) is 24.5 Å². The molecule has 0 aliphatic heterocycles. The Labute approximate surface area is 115 Å². The molecule has 112 valence electrons. The number of halogens is 3. The predicted molar refractivity (Wildman–Crippen MR) is 72.4 cm³/mol. The fourth-order valence-electron chi connectivity index (χ4n) is 1.92. The van der Waals surface area contributed by atoms with E-state index in [1.165, 1.54) is 13.1 Å². The molecule has 4 nitrogen and oxygen atoms in total. The van der Waals surface area contributed by atoms with Crippen molar-refractivity contribution >= 4 is 17.3 Å². The fraction of sp³-hybridized carbons (Fsp3) is 0.462. The van der Waals surface area contributed by atoms with Gasteiger partial charge in [-0.2, -0.15) is 13.2 Å². The van der Waals surface area contributed by atoms with Gasteiger partial charge in [-0.25, -0.2) is 0 Å². The van der Waals surface area contributed by atoms with Crippen molar-refractivity contribution in [3.8, 4) is 0 Å². The van der Waals surface area contributed by atoms with Gasteiger partial charge in [-0.05, 0) is 18.2 Å². The number of nitrogens with two attached hydrogens (primary N) is 1. The Balaban J connectivity index is 2.89. The number of nitrogens with one attached hydrogen (secondary N) is 1. The summed E-state index contributed by atoms with van der Waals surface area (Å²) < 4.78 is 37.6. The third-order valence-corrected chi connectivity index (χ3v) is 3.01. The average molecular weight is 289 g/mol. The maximum atomic E-state index is 12.5. The van der Waals surface area contributed by atoms with E-state index in [2.05, 4.69) is 5.32 Å². The smallest absolute Gasteiger partial charge is 0.397 e. The Morgan fingerprint density at radius 1 is 1.45 bits per heavy atom. The number of carbonyl (C=O) groups excluding carboxylic acids is 1. The largest absolute Gasteiger partial charge is 0.416 e. The second-order valence-corrected chi connectivity index (χ2v) is 4.67. The first-order valence-corrected chi connectivity index (χ1v) is 6.06. The highest BCUT2D eigenvalue weighted by Gasteiger charge is 2.31. The van der Waals surface area contributed by atoms with E-state index >= 15 is 0 Å². The Bertz CT molecular complexity index is 488. The van der Waals surface area contributed by atoms with Gasteiger partial charge in [0, 0.05) is 20.6 Å². The quantitative estimate of drug-likeness (QED) is 0.835. The molecule has 0 saturated carbocycles. The lowest BCUT2D eigenvalue weighted by Gasteiger charge is -2.24. The number of hydrogen-bond acceptors (Lipinski definition) is 3. The number of alkyl halides is 3. The molecule has 1 aromatic carbocycles. The van der Waals surface area contributed by atoms with Crippen molar-refractivity contribution in [3.63, 3.8) is 0 Å². The van der Waals surface area contributed by atoms with Crippen LogP contribution in [0.25, 0.3) is 0 Å². The van der Waals surface area contributed by atoms with E-state index < -0.39 is 11.7 Å². The highest BCUT2D eigenvalue weighted by molar-refractivity contribution is 5.79. The summed E-state index contributed by atoms with van der Waals surface area (Å²) in [5.41, 5.74) is 5.38. The van der Waals surface area contributed by atoms with Crippen LogP contribution in [0.3, 0.4) is 0 Å². The molecule has 1 aromatic rings. The van der Waals surface area contributed by atoms with Crippen molar-refractivity contribution in [2.75, 3.05) is 31.3 Å². The molecule has 0 bridgehead atoms. The minimum Gasteiger partial charge on any atom is -0.397 e. The van der Waals surface area contributed by atoms with E-state index in [4.69, 9.17) is 5.73 Å². The van der Waals surface area contributed by atoms with Gasteiger partial charge in [0.1, 0.15) is 0 Å². The first kappa shape index (κ1) is 16.1. The van der Waals surface area contributed by atoms with Crippen LogP contribution in [-0.4, -0.2) is 26.5 Å². The summed E-state index contributed by atoms with van der Waals surface area (Å²) in [6.45, 7) is 2.09. The summed E-state index contributed by atoms with van der Waals surface area (Å²) in [6, 6.07) is 3.19. The average Bonchev–Trinajstić information content (AvgIpc) is 2.36. The van der Waals surface area contributed by atoms with Gasteiger partial charge in [0.15, 0.2) is 0 Å². The second kappa shape index (κ2) is 6.02. The molecular formula is C13H18F3N3O. The van der Waals surface area contributed by atoms with Crippen LogP contribution >= 0.6 is 0 Å². The number of nitrogens with zero attached hydrogens (tertiary/aromatic N) is 1. The molecule has 3 N–H and O–H groups in total. The van der Waals surface area contributed by atoms with Crippen molar-refractivity contribution in [1.29, 1.82) is 0 Å². The summed E-state index contributed by atoms with van der Waals surface area (Å²) in [7, 11) is 3.21. The van der Waals surface area contributed by atoms with Crippen LogP contribution in [0.2, 0.25) is 0 Å². The van der Waals surface area contributed by atoms with Crippen molar-refractivity contribution in [1.82, 2.24) is 5.32 Å². The van der Waals surface area contributed by atoms with Crippen molar-refractivity contribution in [2.24, 2.45) is 5.92 Å². The lowest BCUT2D eigenvalue weighted by molar-refractivity contribution is -0.137. The highest BCUT2D eigenvalue weighted by Crippen LogP contribution is 2.33. The third-order valence-electron chi connectivity index (χ3n) is 3.01. The van der Waals surface area contributed by atoms with Gasteiger partial charge in [-0.15, -0.1) is 0 Å². The molecule has 1 rings (SSSR count). The zero-order valence-electron chi connectivity index (χ0n) is 11.6. The summed E-state index contributed by atoms with van der Waals surface area (Å²) in [5, 5.41) is 2.52. The van der Waals surface area contributed by atoms with E-state index in [9.17, 15) is 18.0 Å². The zero-order valence-corrected chi connectivity index (χ0v) is 11.6. The molecule has 0 radical (unpaired) electrons. The molecule has 0 heterocycles. The van der Waals surface area contributed by atoms with Gasteiger partial charge in [0.25, 0.3) is 0 Å². The van der Waals surface area contributed by atoms with Gasteiger partial charge in [0.05, 0.1) is 22.9 Å². The number of amides is 1. The monoisotopic (exact) mass is 289 g/mol. The maximum absolute atomic E-state index is 12.5. The molecule has 7 heteroatoms. The molecule has 0 aliphatic carbocycles. The number of rotatable bonds is 4.